The van der Waals surface area contributed by atoms with E-state index in [4.69, 9.17) is 0 Å². The number of hydrogen-bond donors (Lipinski definition) is 0. The lowest BCUT2D eigenvalue weighted by atomic mass is 10.1. The van der Waals surface area contributed by atoms with Crippen molar-refractivity contribution in [2.24, 2.45) is 5.92 Å². The van der Waals surface area contributed by atoms with E-state index in [2.05, 4.69) is 18.0 Å². The summed E-state index contributed by atoms with van der Waals surface area (Å²) >= 11 is 0. The number of nitrogens with zero attached hydrogens (tertiary/aromatic N) is 1. The van der Waals surface area contributed by atoms with Crippen LogP contribution in [0.25, 0.3) is 0 Å². The minimum Gasteiger partial charge on any atom is -0.256 e. The van der Waals surface area contributed by atoms with Crippen LogP contribution >= 0.6 is 0 Å². The minimum absolute atomic E-state index is 0.0231. The molecule has 0 amide bonds. The zero-order chi connectivity index (χ0) is 9.35. The van der Waals surface area contributed by atoms with E-state index in [9.17, 15) is 8.42 Å². The van der Waals surface area contributed by atoms with Crippen LogP contribution in [-0.4, -0.2) is 32.4 Å². The van der Waals surface area contributed by atoms with Crippen molar-refractivity contribution in [1.82, 2.24) is 4.31 Å². The summed E-state index contributed by atoms with van der Waals surface area (Å²) in [5, 5.41) is 0. The molecule has 0 aromatic heterocycles. The molecule has 4 nitrogen and oxygen atoms in total. The van der Waals surface area contributed by atoms with Gasteiger partial charge in [0.15, 0.2) is 0 Å². The van der Waals surface area contributed by atoms with Crippen LogP contribution in [0.5, 0.6) is 0 Å². The molecule has 5 heteroatoms. The van der Waals surface area contributed by atoms with E-state index in [1.165, 1.54) is 4.31 Å². The Hall–Kier alpha value is -0.130. The average molecular weight is 193 g/mol. The second-order valence-electron chi connectivity index (χ2n) is 3.54. The van der Waals surface area contributed by atoms with Gasteiger partial charge in [-0.1, -0.05) is 13.8 Å². The molecule has 0 aromatic carbocycles. The van der Waals surface area contributed by atoms with Crippen LogP contribution in [0.4, 0.5) is 0 Å². The fraction of sp³-hybridized carbons (Fsp3) is 1.00. The molecule has 0 bridgehead atoms. The van der Waals surface area contributed by atoms with Crippen LogP contribution in [0.15, 0.2) is 0 Å². The molecule has 12 heavy (non-hydrogen) atoms. The summed E-state index contributed by atoms with van der Waals surface area (Å²) in [6, 6.07) is 0.0231. The Bertz CT molecular complexity index is 247. The van der Waals surface area contributed by atoms with Crippen LogP contribution in [-0.2, 0) is 14.5 Å². The SMILES string of the molecule is CC(C)C[C@H]1COS(=O)(=O)N1C. The third kappa shape index (κ3) is 1.97. The van der Waals surface area contributed by atoms with Crippen LogP contribution in [0.2, 0.25) is 0 Å². The first-order chi connectivity index (χ1) is 5.43. The molecular weight excluding hydrogens is 178 g/mol. The van der Waals surface area contributed by atoms with E-state index in [-0.39, 0.29) is 6.04 Å². The minimum atomic E-state index is -3.39. The van der Waals surface area contributed by atoms with E-state index < -0.39 is 10.3 Å². The van der Waals surface area contributed by atoms with Gasteiger partial charge < -0.3 is 0 Å². The molecule has 0 radical (unpaired) electrons. The molecule has 1 saturated heterocycles. The van der Waals surface area contributed by atoms with Crippen molar-refractivity contribution in [2.45, 2.75) is 26.3 Å². The summed E-state index contributed by atoms with van der Waals surface area (Å²) < 4.78 is 28.1. The first kappa shape index (κ1) is 9.95. The summed E-state index contributed by atoms with van der Waals surface area (Å²) in [7, 11) is -1.82. The molecule has 1 heterocycles. The second kappa shape index (κ2) is 3.32. The highest BCUT2D eigenvalue weighted by atomic mass is 32.2. The van der Waals surface area contributed by atoms with Gasteiger partial charge in [0, 0.05) is 7.05 Å². The lowest BCUT2D eigenvalue weighted by molar-refractivity contribution is 0.292. The van der Waals surface area contributed by atoms with E-state index in [1.54, 1.807) is 7.05 Å². The van der Waals surface area contributed by atoms with Crippen molar-refractivity contribution in [1.29, 1.82) is 0 Å². The monoisotopic (exact) mass is 193 g/mol. The Morgan fingerprint density at radius 2 is 2.17 bits per heavy atom. The van der Waals surface area contributed by atoms with Gasteiger partial charge >= 0.3 is 10.3 Å². The molecule has 1 fully saturated rings. The summed E-state index contributed by atoms with van der Waals surface area (Å²) in [5.74, 6) is 0.495. The van der Waals surface area contributed by atoms with Crippen LogP contribution in [0.1, 0.15) is 20.3 Å². The molecule has 0 N–H and O–H groups in total. The molecular formula is C7H15NO3S. The van der Waals surface area contributed by atoms with E-state index in [0.717, 1.165) is 6.42 Å². The second-order valence-corrected chi connectivity index (χ2v) is 5.21. The van der Waals surface area contributed by atoms with E-state index in [1.807, 2.05) is 0 Å². The maximum absolute atomic E-state index is 11.1. The highest BCUT2D eigenvalue weighted by Crippen LogP contribution is 2.21. The third-order valence-electron chi connectivity index (χ3n) is 2.02. The summed E-state index contributed by atoms with van der Waals surface area (Å²) in [6.07, 6.45) is 0.857. The molecule has 0 saturated carbocycles. The lowest BCUT2D eigenvalue weighted by Crippen LogP contribution is -2.30. The molecule has 0 unspecified atom stereocenters. The van der Waals surface area contributed by atoms with E-state index in [0.29, 0.717) is 12.5 Å². The predicted molar refractivity (Wildman–Crippen MR) is 45.9 cm³/mol. The Morgan fingerprint density at radius 3 is 2.50 bits per heavy atom. The third-order valence-corrected chi connectivity index (χ3v) is 3.46. The van der Waals surface area contributed by atoms with Crippen molar-refractivity contribution in [3.8, 4) is 0 Å². The summed E-state index contributed by atoms with van der Waals surface area (Å²) in [6.45, 7) is 4.44. The highest BCUT2D eigenvalue weighted by molar-refractivity contribution is 7.84. The average Bonchev–Trinajstić information content (AvgIpc) is 2.15. The maximum atomic E-state index is 11.1. The van der Waals surface area contributed by atoms with Gasteiger partial charge in [0.2, 0.25) is 0 Å². The zero-order valence-electron chi connectivity index (χ0n) is 7.65. The summed E-state index contributed by atoms with van der Waals surface area (Å²) in [5.41, 5.74) is 0. The van der Waals surface area contributed by atoms with Crippen molar-refractivity contribution in [3.63, 3.8) is 0 Å². The smallest absolute Gasteiger partial charge is 0.256 e. The first-order valence-corrected chi connectivity index (χ1v) is 5.42. The van der Waals surface area contributed by atoms with Gasteiger partial charge in [-0.15, -0.1) is 0 Å². The van der Waals surface area contributed by atoms with Crippen molar-refractivity contribution >= 4 is 10.3 Å². The summed E-state index contributed by atoms with van der Waals surface area (Å²) in [4.78, 5) is 0. The van der Waals surface area contributed by atoms with Gasteiger partial charge in [0.05, 0.1) is 12.6 Å². The molecule has 1 atom stereocenters. The largest absolute Gasteiger partial charge is 0.338 e. The molecule has 0 aliphatic carbocycles. The van der Waals surface area contributed by atoms with E-state index >= 15 is 0 Å². The lowest BCUT2D eigenvalue weighted by Gasteiger charge is -2.16. The first-order valence-electron chi connectivity index (χ1n) is 4.06. The Morgan fingerprint density at radius 1 is 1.58 bits per heavy atom. The van der Waals surface area contributed by atoms with Crippen molar-refractivity contribution in [3.05, 3.63) is 0 Å². The molecule has 72 valence electrons. The predicted octanol–water partition coefficient (Wildman–Crippen LogP) is 0.608. The quantitative estimate of drug-likeness (QED) is 0.645. The number of likely N-dealkylation sites (N-methyl/N-ethyl adjacent to an activating group) is 1. The van der Waals surface area contributed by atoms with Crippen LogP contribution in [0.3, 0.4) is 0 Å². The number of rotatable bonds is 2. The fourth-order valence-electron chi connectivity index (χ4n) is 1.30. The standard InChI is InChI=1S/C7H15NO3S/c1-6(2)4-7-5-11-12(9,10)8(7)3/h6-7H,4-5H2,1-3H3/t7-/m0/s1. The number of hydrogen-bond acceptors (Lipinski definition) is 3. The van der Waals surface area contributed by atoms with Gasteiger partial charge in [0.1, 0.15) is 0 Å². The van der Waals surface area contributed by atoms with Gasteiger partial charge in [-0.25, -0.2) is 0 Å². The van der Waals surface area contributed by atoms with Crippen LogP contribution < -0.4 is 0 Å². The Kier molecular flexibility index (Phi) is 2.75. The Balaban J connectivity index is 2.62. The highest BCUT2D eigenvalue weighted by Gasteiger charge is 2.35. The maximum Gasteiger partial charge on any atom is 0.338 e. The normalized spacial score (nSPS) is 29.8. The topological polar surface area (TPSA) is 46.6 Å². The van der Waals surface area contributed by atoms with Gasteiger partial charge in [-0.2, -0.15) is 12.7 Å². The molecule has 1 aliphatic heterocycles. The van der Waals surface area contributed by atoms with Gasteiger partial charge in [0.25, 0.3) is 0 Å². The van der Waals surface area contributed by atoms with Gasteiger partial charge in [-0.05, 0) is 12.3 Å². The molecule has 1 rings (SSSR count). The van der Waals surface area contributed by atoms with Crippen molar-refractivity contribution < 1.29 is 12.6 Å². The zero-order valence-corrected chi connectivity index (χ0v) is 8.47. The van der Waals surface area contributed by atoms with Gasteiger partial charge in [-0.3, -0.25) is 4.18 Å². The molecule has 0 aromatic rings. The Labute approximate surface area is 73.8 Å². The van der Waals surface area contributed by atoms with Crippen molar-refractivity contribution in [2.75, 3.05) is 13.7 Å². The van der Waals surface area contributed by atoms with Crippen LogP contribution in [0, 0.1) is 5.92 Å². The fourth-order valence-corrected chi connectivity index (χ4v) is 2.30. The molecule has 1 aliphatic rings. The molecule has 0 spiro atoms.